The Bertz CT molecular complexity index is 578. The van der Waals surface area contributed by atoms with Crippen LogP contribution in [0.5, 0.6) is 5.75 Å². The molecule has 92 valence electrons. The van der Waals surface area contributed by atoms with E-state index < -0.39 is 0 Å². The Morgan fingerprint density at radius 1 is 1.22 bits per heavy atom. The van der Waals surface area contributed by atoms with Gasteiger partial charge >= 0.3 is 0 Å². The summed E-state index contributed by atoms with van der Waals surface area (Å²) in [5.74, 6) is 0.178. The van der Waals surface area contributed by atoms with Crippen molar-refractivity contribution in [1.82, 2.24) is 0 Å². The number of halogens is 1. The predicted molar refractivity (Wildman–Crippen MR) is 76.2 cm³/mol. The molecule has 0 aliphatic carbocycles. The summed E-state index contributed by atoms with van der Waals surface area (Å²) in [5, 5.41) is 10.3. The Morgan fingerprint density at radius 2 is 2.00 bits per heavy atom. The zero-order valence-electron chi connectivity index (χ0n) is 10.1. The fourth-order valence-electron chi connectivity index (χ4n) is 1.70. The normalized spacial score (nSPS) is 11.0. The van der Waals surface area contributed by atoms with Gasteiger partial charge in [0, 0.05) is 16.8 Å². The van der Waals surface area contributed by atoms with Crippen LogP contribution in [0.2, 0.25) is 5.02 Å². The monoisotopic (exact) mass is 259 g/mol. The third kappa shape index (κ3) is 2.90. The van der Waals surface area contributed by atoms with Gasteiger partial charge < -0.3 is 5.11 Å². The summed E-state index contributed by atoms with van der Waals surface area (Å²) < 4.78 is 0. The minimum Gasteiger partial charge on any atom is -0.507 e. The highest BCUT2D eigenvalue weighted by molar-refractivity contribution is 6.30. The first-order valence-corrected chi connectivity index (χ1v) is 6.19. The fraction of sp³-hybridized carbons (Fsp3) is 0.133. The molecule has 0 aromatic heterocycles. The molecule has 0 saturated carbocycles. The second kappa shape index (κ2) is 5.69. The molecular weight excluding hydrogens is 246 g/mol. The molecule has 0 aliphatic rings. The maximum atomic E-state index is 9.69. The highest BCUT2D eigenvalue weighted by Gasteiger charge is 2.00. The number of hydrogen-bond donors (Lipinski definition) is 1. The van der Waals surface area contributed by atoms with Gasteiger partial charge in [-0.05, 0) is 36.2 Å². The molecule has 2 rings (SSSR count). The van der Waals surface area contributed by atoms with Crippen molar-refractivity contribution >= 4 is 23.5 Å². The molecule has 0 atom stereocenters. The van der Waals surface area contributed by atoms with Gasteiger partial charge in [0.15, 0.2) is 0 Å². The van der Waals surface area contributed by atoms with E-state index in [1.54, 1.807) is 24.4 Å². The number of para-hydroxylation sites is 1. The minimum atomic E-state index is 0.178. The SMILES string of the molecule is CCc1ccccc1N=Cc1cc(Cl)ccc1O. The van der Waals surface area contributed by atoms with Crippen LogP contribution < -0.4 is 0 Å². The van der Waals surface area contributed by atoms with Gasteiger partial charge in [0.1, 0.15) is 5.75 Å². The standard InChI is InChI=1S/C15H14ClNO/c1-2-11-5-3-4-6-14(11)17-10-12-9-13(16)7-8-15(12)18/h3-10,18H,2H2,1H3. The van der Waals surface area contributed by atoms with E-state index in [-0.39, 0.29) is 5.75 Å². The van der Waals surface area contributed by atoms with Gasteiger partial charge in [0.05, 0.1) is 5.69 Å². The Balaban J connectivity index is 2.33. The van der Waals surface area contributed by atoms with Crippen LogP contribution in [0.1, 0.15) is 18.1 Å². The maximum absolute atomic E-state index is 9.69. The summed E-state index contributed by atoms with van der Waals surface area (Å²) >= 11 is 5.88. The van der Waals surface area contributed by atoms with Gasteiger partial charge in [0.2, 0.25) is 0 Å². The quantitative estimate of drug-likeness (QED) is 0.816. The van der Waals surface area contributed by atoms with Gasteiger partial charge in [-0.2, -0.15) is 0 Å². The van der Waals surface area contributed by atoms with Crippen LogP contribution in [-0.4, -0.2) is 11.3 Å². The van der Waals surface area contributed by atoms with Crippen molar-refractivity contribution < 1.29 is 5.11 Å². The summed E-state index contributed by atoms with van der Waals surface area (Å²) in [4.78, 5) is 4.41. The van der Waals surface area contributed by atoms with Gasteiger partial charge in [-0.15, -0.1) is 0 Å². The summed E-state index contributed by atoms with van der Waals surface area (Å²) in [6.07, 6.45) is 2.56. The van der Waals surface area contributed by atoms with Gasteiger partial charge in [0.25, 0.3) is 0 Å². The largest absolute Gasteiger partial charge is 0.507 e. The number of aryl methyl sites for hydroxylation is 1. The van der Waals surface area contributed by atoms with Crippen molar-refractivity contribution in [3.8, 4) is 5.75 Å². The molecule has 0 fully saturated rings. The fourth-order valence-corrected chi connectivity index (χ4v) is 1.88. The highest BCUT2D eigenvalue weighted by atomic mass is 35.5. The Hall–Kier alpha value is -1.80. The van der Waals surface area contributed by atoms with Gasteiger partial charge in [-0.1, -0.05) is 36.7 Å². The van der Waals surface area contributed by atoms with E-state index in [4.69, 9.17) is 11.6 Å². The van der Waals surface area contributed by atoms with E-state index in [1.807, 2.05) is 24.3 Å². The molecule has 18 heavy (non-hydrogen) atoms. The molecule has 0 aliphatic heterocycles. The smallest absolute Gasteiger partial charge is 0.124 e. The topological polar surface area (TPSA) is 32.6 Å². The molecule has 0 radical (unpaired) electrons. The van der Waals surface area contributed by atoms with E-state index in [9.17, 15) is 5.11 Å². The number of hydrogen-bond acceptors (Lipinski definition) is 2. The zero-order chi connectivity index (χ0) is 13.0. The molecule has 2 nitrogen and oxygen atoms in total. The first kappa shape index (κ1) is 12.7. The Morgan fingerprint density at radius 3 is 2.78 bits per heavy atom. The van der Waals surface area contributed by atoms with E-state index >= 15 is 0 Å². The van der Waals surface area contributed by atoms with Crippen LogP contribution in [0, 0.1) is 0 Å². The molecule has 0 unspecified atom stereocenters. The third-order valence-corrected chi connectivity index (χ3v) is 2.94. The van der Waals surface area contributed by atoms with Crippen LogP contribution in [-0.2, 0) is 6.42 Å². The molecule has 2 aromatic carbocycles. The third-order valence-electron chi connectivity index (χ3n) is 2.70. The van der Waals surface area contributed by atoms with Crippen molar-refractivity contribution in [2.24, 2.45) is 4.99 Å². The molecule has 0 heterocycles. The Kier molecular flexibility index (Phi) is 4.00. The van der Waals surface area contributed by atoms with Gasteiger partial charge in [-0.3, -0.25) is 4.99 Å². The molecule has 1 N–H and O–H groups in total. The van der Waals surface area contributed by atoms with Gasteiger partial charge in [-0.25, -0.2) is 0 Å². The first-order valence-electron chi connectivity index (χ1n) is 5.81. The van der Waals surface area contributed by atoms with Crippen molar-refractivity contribution in [2.75, 3.05) is 0 Å². The number of aliphatic imine (C=N–C) groups is 1. The molecule has 0 bridgehead atoms. The van der Waals surface area contributed by atoms with Crippen molar-refractivity contribution in [1.29, 1.82) is 0 Å². The van der Waals surface area contributed by atoms with E-state index in [1.165, 1.54) is 5.56 Å². The second-order valence-electron chi connectivity index (χ2n) is 3.94. The molecule has 0 spiro atoms. The summed E-state index contributed by atoms with van der Waals surface area (Å²) in [6.45, 7) is 2.09. The first-order chi connectivity index (χ1) is 8.70. The molecular formula is C15H14ClNO. The molecule has 0 amide bonds. The number of phenols is 1. The minimum absolute atomic E-state index is 0.178. The lowest BCUT2D eigenvalue weighted by atomic mass is 10.1. The predicted octanol–water partition coefficient (Wildman–Crippen LogP) is 4.36. The maximum Gasteiger partial charge on any atom is 0.124 e. The van der Waals surface area contributed by atoms with Crippen LogP contribution in [0.15, 0.2) is 47.5 Å². The highest BCUT2D eigenvalue weighted by Crippen LogP contribution is 2.22. The number of benzene rings is 2. The molecule has 2 aromatic rings. The van der Waals surface area contributed by atoms with Crippen molar-refractivity contribution in [3.63, 3.8) is 0 Å². The van der Waals surface area contributed by atoms with E-state index in [0.29, 0.717) is 10.6 Å². The number of aromatic hydroxyl groups is 1. The Labute approximate surface area is 112 Å². The summed E-state index contributed by atoms with van der Waals surface area (Å²) in [7, 11) is 0. The molecule has 3 heteroatoms. The molecule has 0 saturated heterocycles. The average molecular weight is 260 g/mol. The van der Waals surface area contributed by atoms with E-state index in [0.717, 1.165) is 12.1 Å². The number of phenolic OH excluding ortho intramolecular Hbond substituents is 1. The lowest BCUT2D eigenvalue weighted by molar-refractivity contribution is 0.474. The summed E-state index contributed by atoms with van der Waals surface area (Å²) in [5.41, 5.74) is 2.71. The van der Waals surface area contributed by atoms with Crippen molar-refractivity contribution in [3.05, 3.63) is 58.6 Å². The average Bonchev–Trinajstić information content (AvgIpc) is 2.40. The van der Waals surface area contributed by atoms with Crippen LogP contribution in [0.3, 0.4) is 0 Å². The lowest BCUT2D eigenvalue weighted by Gasteiger charge is -2.02. The zero-order valence-corrected chi connectivity index (χ0v) is 10.9. The van der Waals surface area contributed by atoms with E-state index in [2.05, 4.69) is 11.9 Å². The summed E-state index contributed by atoms with van der Waals surface area (Å²) in [6, 6.07) is 12.8. The van der Waals surface area contributed by atoms with Crippen LogP contribution >= 0.6 is 11.6 Å². The number of rotatable bonds is 3. The number of nitrogens with zero attached hydrogens (tertiary/aromatic N) is 1. The van der Waals surface area contributed by atoms with Crippen molar-refractivity contribution in [2.45, 2.75) is 13.3 Å². The second-order valence-corrected chi connectivity index (χ2v) is 4.38. The lowest BCUT2D eigenvalue weighted by Crippen LogP contribution is -1.84. The van der Waals surface area contributed by atoms with Crippen LogP contribution in [0.25, 0.3) is 0 Å². The van der Waals surface area contributed by atoms with Crippen LogP contribution in [0.4, 0.5) is 5.69 Å².